The molecule has 156 valence electrons. The predicted octanol–water partition coefficient (Wildman–Crippen LogP) is 4.69. The van der Waals surface area contributed by atoms with Gasteiger partial charge in [-0.15, -0.1) is 0 Å². The van der Waals surface area contributed by atoms with Crippen LogP contribution < -0.4 is 10.8 Å². The number of carbonyl (C=O) groups is 1. The molecule has 0 aliphatic heterocycles. The molecule has 0 saturated carbocycles. The van der Waals surface area contributed by atoms with Crippen molar-refractivity contribution >= 4 is 22.9 Å². The van der Waals surface area contributed by atoms with Gasteiger partial charge in [0.05, 0.1) is 0 Å². The quantitative estimate of drug-likeness (QED) is 0.147. The standard InChI is InChI=1S/C26H25N3O2/c30-26(29-31)14-13-19-9-11-20(12-10-19)18-27-16-15-21-7-4-8-24-23(21)17-25(28-24)22-5-2-1-3-6-22/h1-14,17,27-28,31H,15-16,18H2,(H,29,30)/b14-13+. The number of hydrogen-bond donors (Lipinski definition) is 4. The number of amides is 1. The zero-order valence-electron chi connectivity index (χ0n) is 17.1. The number of fused-ring (bicyclic) bond motifs is 1. The predicted molar refractivity (Wildman–Crippen MR) is 125 cm³/mol. The highest BCUT2D eigenvalue weighted by Gasteiger charge is 2.07. The summed E-state index contributed by atoms with van der Waals surface area (Å²) in [5.74, 6) is -0.543. The second-order valence-corrected chi connectivity index (χ2v) is 7.41. The summed E-state index contributed by atoms with van der Waals surface area (Å²) < 4.78 is 0. The van der Waals surface area contributed by atoms with Crippen LogP contribution in [0.4, 0.5) is 0 Å². The maximum Gasteiger partial charge on any atom is 0.267 e. The molecule has 1 amide bonds. The maximum absolute atomic E-state index is 11.0. The maximum atomic E-state index is 11.0. The molecule has 0 atom stereocenters. The van der Waals surface area contributed by atoms with E-state index in [9.17, 15) is 4.79 Å². The number of nitrogens with one attached hydrogen (secondary N) is 3. The number of aromatic amines is 1. The summed E-state index contributed by atoms with van der Waals surface area (Å²) >= 11 is 0. The molecule has 0 saturated heterocycles. The van der Waals surface area contributed by atoms with Gasteiger partial charge < -0.3 is 10.3 Å². The fourth-order valence-electron chi connectivity index (χ4n) is 3.62. The van der Waals surface area contributed by atoms with Gasteiger partial charge in [-0.25, -0.2) is 5.48 Å². The Labute approximate surface area is 181 Å². The summed E-state index contributed by atoms with van der Waals surface area (Å²) in [6.07, 6.45) is 3.89. The first-order valence-electron chi connectivity index (χ1n) is 10.3. The van der Waals surface area contributed by atoms with Gasteiger partial charge in [0.2, 0.25) is 0 Å². The normalized spacial score (nSPS) is 11.3. The molecule has 0 fully saturated rings. The molecule has 3 aromatic carbocycles. The van der Waals surface area contributed by atoms with Gasteiger partial charge in [-0.2, -0.15) is 0 Å². The van der Waals surface area contributed by atoms with Crippen molar-refractivity contribution < 1.29 is 10.0 Å². The zero-order chi connectivity index (χ0) is 21.5. The third-order valence-electron chi connectivity index (χ3n) is 5.26. The van der Waals surface area contributed by atoms with E-state index in [1.807, 2.05) is 30.3 Å². The average Bonchev–Trinajstić information content (AvgIpc) is 3.27. The highest BCUT2D eigenvalue weighted by atomic mass is 16.5. The molecular formula is C26H25N3O2. The lowest BCUT2D eigenvalue weighted by molar-refractivity contribution is -0.124. The van der Waals surface area contributed by atoms with Crippen molar-refractivity contribution in [1.29, 1.82) is 0 Å². The second-order valence-electron chi connectivity index (χ2n) is 7.41. The highest BCUT2D eigenvalue weighted by Crippen LogP contribution is 2.26. The Morgan fingerprint density at radius 1 is 0.968 bits per heavy atom. The van der Waals surface area contributed by atoms with Crippen LogP contribution in [0.25, 0.3) is 28.2 Å². The SMILES string of the molecule is O=C(/C=C/c1ccc(CNCCc2cccc3[nH]c(-c4ccccc4)cc23)cc1)NO. The Morgan fingerprint density at radius 2 is 1.77 bits per heavy atom. The summed E-state index contributed by atoms with van der Waals surface area (Å²) in [7, 11) is 0. The molecule has 0 spiro atoms. The lowest BCUT2D eigenvalue weighted by Crippen LogP contribution is -2.16. The molecule has 1 aromatic heterocycles. The van der Waals surface area contributed by atoms with Crippen LogP contribution in [0.1, 0.15) is 16.7 Å². The minimum absolute atomic E-state index is 0.543. The highest BCUT2D eigenvalue weighted by molar-refractivity contribution is 5.90. The average molecular weight is 412 g/mol. The lowest BCUT2D eigenvalue weighted by atomic mass is 10.1. The molecule has 5 nitrogen and oxygen atoms in total. The van der Waals surface area contributed by atoms with Crippen LogP contribution in [0.3, 0.4) is 0 Å². The molecule has 1 heterocycles. The van der Waals surface area contributed by atoms with E-state index in [-0.39, 0.29) is 0 Å². The molecule has 4 aromatic rings. The van der Waals surface area contributed by atoms with E-state index in [0.29, 0.717) is 0 Å². The summed E-state index contributed by atoms with van der Waals surface area (Å²) in [5, 5.41) is 13.3. The van der Waals surface area contributed by atoms with E-state index in [2.05, 4.69) is 58.8 Å². The minimum Gasteiger partial charge on any atom is -0.355 e. The van der Waals surface area contributed by atoms with E-state index >= 15 is 0 Å². The van der Waals surface area contributed by atoms with Gasteiger partial charge in [0.15, 0.2) is 0 Å². The number of benzene rings is 3. The third-order valence-corrected chi connectivity index (χ3v) is 5.26. The Kier molecular flexibility index (Phi) is 6.57. The fourth-order valence-corrected chi connectivity index (χ4v) is 3.62. The second kappa shape index (κ2) is 9.89. The van der Waals surface area contributed by atoms with Gasteiger partial charge in [0, 0.05) is 29.2 Å². The van der Waals surface area contributed by atoms with Crippen LogP contribution in [-0.2, 0) is 17.8 Å². The number of H-pyrrole nitrogens is 1. The number of hydrogen-bond acceptors (Lipinski definition) is 3. The van der Waals surface area contributed by atoms with Gasteiger partial charge in [-0.3, -0.25) is 10.0 Å². The van der Waals surface area contributed by atoms with E-state index in [4.69, 9.17) is 5.21 Å². The number of hydroxylamine groups is 1. The monoisotopic (exact) mass is 411 g/mol. The Hall–Kier alpha value is -3.67. The zero-order valence-corrected chi connectivity index (χ0v) is 17.1. The summed E-state index contributed by atoms with van der Waals surface area (Å²) in [6, 6.07) is 27.0. The Bertz CT molecular complexity index is 1180. The van der Waals surface area contributed by atoms with E-state index in [0.717, 1.165) is 36.3 Å². The summed E-state index contributed by atoms with van der Waals surface area (Å²) in [4.78, 5) is 14.6. The number of aromatic nitrogens is 1. The van der Waals surface area contributed by atoms with Gasteiger partial charge in [0.25, 0.3) is 5.91 Å². The van der Waals surface area contributed by atoms with Crippen LogP contribution in [-0.4, -0.2) is 22.6 Å². The van der Waals surface area contributed by atoms with Gasteiger partial charge in [0.1, 0.15) is 0 Å². The molecule has 4 N–H and O–H groups in total. The van der Waals surface area contributed by atoms with Crippen LogP contribution in [0, 0.1) is 0 Å². The van der Waals surface area contributed by atoms with Crippen molar-refractivity contribution in [2.24, 2.45) is 0 Å². The van der Waals surface area contributed by atoms with E-state index < -0.39 is 5.91 Å². The molecule has 0 bridgehead atoms. The van der Waals surface area contributed by atoms with Gasteiger partial charge in [-0.05, 0) is 53.4 Å². The molecule has 0 aliphatic carbocycles. The van der Waals surface area contributed by atoms with E-state index in [1.165, 1.54) is 28.2 Å². The third kappa shape index (κ3) is 5.28. The van der Waals surface area contributed by atoms with E-state index in [1.54, 1.807) is 11.6 Å². The Balaban J connectivity index is 1.34. The first-order chi connectivity index (χ1) is 15.2. The van der Waals surface area contributed by atoms with Crippen molar-refractivity contribution in [3.8, 4) is 11.3 Å². The topological polar surface area (TPSA) is 77.2 Å². The van der Waals surface area contributed by atoms with Crippen molar-refractivity contribution in [3.63, 3.8) is 0 Å². The summed E-state index contributed by atoms with van der Waals surface area (Å²) in [5.41, 5.74) is 8.48. The van der Waals surface area contributed by atoms with Crippen LogP contribution in [0.2, 0.25) is 0 Å². The van der Waals surface area contributed by atoms with Gasteiger partial charge >= 0.3 is 0 Å². The molecule has 0 radical (unpaired) electrons. The number of rotatable bonds is 8. The molecule has 5 heteroatoms. The molecule has 4 rings (SSSR count). The molecule has 0 aliphatic rings. The van der Waals surface area contributed by atoms with Crippen LogP contribution in [0.5, 0.6) is 0 Å². The van der Waals surface area contributed by atoms with Gasteiger partial charge in [-0.1, -0.05) is 66.7 Å². The van der Waals surface area contributed by atoms with Crippen molar-refractivity contribution in [2.75, 3.05) is 6.54 Å². The van der Waals surface area contributed by atoms with Crippen LogP contribution in [0.15, 0.2) is 84.9 Å². The molecule has 31 heavy (non-hydrogen) atoms. The summed E-state index contributed by atoms with van der Waals surface area (Å²) in [6.45, 7) is 1.66. The first-order valence-corrected chi connectivity index (χ1v) is 10.3. The molecule has 0 unspecified atom stereocenters. The molecular weight excluding hydrogens is 386 g/mol. The smallest absolute Gasteiger partial charge is 0.267 e. The van der Waals surface area contributed by atoms with Crippen molar-refractivity contribution in [2.45, 2.75) is 13.0 Å². The lowest BCUT2D eigenvalue weighted by Gasteiger charge is -2.07. The first kappa shape index (κ1) is 20.6. The minimum atomic E-state index is -0.543. The van der Waals surface area contributed by atoms with Crippen LogP contribution >= 0.6 is 0 Å². The Morgan fingerprint density at radius 3 is 2.55 bits per heavy atom. The van der Waals surface area contributed by atoms with Crippen molar-refractivity contribution in [3.05, 3.63) is 102 Å². The fraction of sp³-hybridized carbons (Fsp3) is 0.115. The van der Waals surface area contributed by atoms with Crippen molar-refractivity contribution in [1.82, 2.24) is 15.8 Å². The number of carbonyl (C=O) groups excluding carboxylic acids is 1. The largest absolute Gasteiger partial charge is 0.355 e.